The van der Waals surface area contributed by atoms with Crippen molar-refractivity contribution >= 4 is 40.8 Å². The van der Waals surface area contributed by atoms with Gasteiger partial charge in [0.05, 0.1) is 9.21 Å². The maximum Gasteiger partial charge on any atom is 0.349 e. The second kappa shape index (κ2) is 9.03. The lowest BCUT2D eigenvalue weighted by Crippen LogP contribution is -2.14. The number of hydrogen-bond acceptors (Lipinski definition) is 5. The van der Waals surface area contributed by atoms with Crippen LogP contribution in [0.15, 0.2) is 23.8 Å². The van der Waals surface area contributed by atoms with Crippen LogP contribution in [0.5, 0.6) is 0 Å². The SMILES string of the molecule is Cc1cc(/C=C(/C#N)C(=O)OCC(=O)c2ccc(Cl)s2)c(C)n1CC(C)C. The molecule has 0 unspecified atom stereocenters. The Balaban J connectivity index is 2.13. The highest BCUT2D eigenvalue weighted by Gasteiger charge is 2.17. The molecule has 0 aliphatic carbocycles. The number of hydrogen-bond donors (Lipinski definition) is 0. The molecule has 0 aliphatic heterocycles. The number of rotatable bonds is 7. The number of Topliss-reactive ketones (excluding diaryl/α,β-unsaturated/α-hetero) is 1. The van der Waals surface area contributed by atoms with Gasteiger partial charge in [-0.3, -0.25) is 4.79 Å². The van der Waals surface area contributed by atoms with Crippen LogP contribution in [-0.4, -0.2) is 22.9 Å². The number of ether oxygens (including phenoxy) is 1. The fourth-order valence-corrected chi connectivity index (χ4v) is 3.62. The number of carbonyl (C=O) groups is 2. The molecule has 142 valence electrons. The summed E-state index contributed by atoms with van der Waals surface area (Å²) in [6.45, 7) is 8.62. The molecule has 0 bridgehead atoms. The first-order chi connectivity index (χ1) is 12.7. The molecule has 5 nitrogen and oxygen atoms in total. The van der Waals surface area contributed by atoms with Crippen molar-refractivity contribution in [2.24, 2.45) is 5.92 Å². The highest BCUT2D eigenvalue weighted by molar-refractivity contribution is 7.18. The summed E-state index contributed by atoms with van der Waals surface area (Å²) in [6, 6.07) is 6.98. The fourth-order valence-electron chi connectivity index (χ4n) is 2.66. The molecule has 0 atom stereocenters. The summed E-state index contributed by atoms with van der Waals surface area (Å²) in [5.74, 6) is -0.696. The molecule has 2 heterocycles. The predicted molar refractivity (Wildman–Crippen MR) is 107 cm³/mol. The molecule has 0 N–H and O–H groups in total. The van der Waals surface area contributed by atoms with Gasteiger partial charge in [0.1, 0.15) is 11.6 Å². The molecule has 0 aliphatic rings. The summed E-state index contributed by atoms with van der Waals surface area (Å²) in [4.78, 5) is 24.6. The van der Waals surface area contributed by atoms with E-state index in [1.165, 1.54) is 6.08 Å². The van der Waals surface area contributed by atoms with Crippen LogP contribution in [0.3, 0.4) is 0 Å². The van der Waals surface area contributed by atoms with Crippen LogP contribution in [0.1, 0.15) is 40.5 Å². The van der Waals surface area contributed by atoms with Gasteiger partial charge in [0.25, 0.3) is 0 Å². The van der Waals surface area contributed by atoms with Gasteiger partial charge in [-0.05, 0) is 49.6 Å². The summed E-state index contributed by atoms with van der Waals surface area (Å²) in [5, 5.41) is 9.33. The lowest BCUT2D eigenvalue weighted by atomic mass is 10.1. The Bertz CT molecular complexity index is 932. The van der Waals surface area contributed by atoms with Crippen LogP contribution < -0.4 is 0 Å². The minimum atomic E-state index is -0.817. The molecular formula is C20H21ClN2O3S. The van der Waals surface area contributed by atoms with Crippen molar-refractivity contribution in [3.05, 3.63) is 49.9 Å². The zero-order valence-electron chi connectivity index (χ0n) is 15.7. The van der Waals surface area contributed by atoms with Gasteiger partial charge < -0.3 is 9.30 Å². The molecule has 0 spiro atoms. The quantitative estimate of drug-likeness (QED) is 0.287. The van der Waals surface area contributed by atoms with E-state index in [9.17, 15) is 14.9 Å². The highest BCUT2D eigenvalue weighted by atomic mass is 35.5. The first kappa shape index (κ1) is 20.9. The van der Waals surface area contributed by atoms with Gasteiger partial charge in [-0.2, -0.15) is 5.26 Å². The third-order valence-corrected chi connectivity index (χ3v) is 5.26. The van der Waals surface area contributed by atoms with Crippen LogP contribution in [0.25, 0.3) is 6.08 Å². The number of nitriles is 1. The van der Waals surface area contributed by atoms with Crippen molar-refractivity contribution in [3.63, 3.8) is 0 Å². The first-order valence-corrected chi connectivity index (χ1v) is 9.66. The molecule has 0 saturated heterocycles. The zero-order chi connectivity index (χ0) is 20.1. The molecule has 7 heteroatoms. The molecular weight excluding hydrogens is 384 g/mol. The molecule has 0 radical (unpaired) electrons. The Labute approximate surface area is 167 Å². The lowest BCUT2D eigenvalue weighted by molar-refractivity contribution is -0.137. The van der Waals surface area contributed by atoms with Crippen LogP contribution >= 0.6 is 22.9 Å². The molecule has 0 aromatic carbocycles. The van der Waals surface area contributed by atoms with Crippen molar-refractivity contribution in [1.29, 1.82) is 5.26 Å². The Kier molecular flexibility index (Phi) is 7.00. The number of ketones is 1. The Morgan fingerprint density at radius 2 is 2.07 bits per heavy atom. The number of carbonyl (C=O) groups excluding carboxylic acids is 2. The number of nitrogens with zero attached hydrogens (tertiary/aromatic N) is 2. The number of halogens is 1. The van der Waals surface area contributed by atoms with E-state index in [1.54, 1.807) is 12.1 Å². The number of aromatic nitrogens is 1. The van der Waals surface area contributed by atoms with Gasteiger partial charge in [-0.15, -0.1) is 11.3 Å². The van der Waals surface area contributed by atoms with Gasteiger partial charge in [0, 0.05) is 17.9 Å². The second-order valence-corrected chi connectivity index (χ2v) is 8.32. The lowest BCUT2D eigenvalue weighted by Gasteiger charge is -2.12. The monoisotopic (exact) mass is 404 g/mol. The number of thiophene rings is 1. The van der Waals surface area contributed by atoms with Crippen molar-refractivity contribution < 1.29 is 14.3 Å². The van der Waals surface area contributed by atoms with Crippen LogP contribution in [-0.2, 0) is 16.1 Å². The van der Waals surface area contributed by atoms with E-state index in [0.717, 1.165) is 34.8 Å². The van der Waals surface area contributed by atoms with Crippen molar-refractivity contribution in [2.75, 3.05) is 6.61 Å². The smallest absolute Gasteiger partial charge is 0.349 e. The maximum atomic E-state index is 12.2. The maximum absolute atomic E-state index is 12.2. The predicted octanol–water partition coefficient (Wildman–Crippen LogP) is 4.81. The van der Waals surface area contributed by atoms with E-state index in [0.29, 0.717) is 15.1 Å². The van der Waals surface area contributed by atoms with E-state index < -0.39 is 12.6 Å². The first-order valence-electron chi connectivity index (χ1n) is 8.47. The second-order valence-electron chi connectivity index (χ2n) is 6.60. The Hall–Kier alpha value is -2.36. The van der Waals surface area contributed by atoms with E-state index in [-0.39, 0.29) is 11.4 Å². The van der Waals surface area contributed by atoms with Crippen molar-refractivity contribution in [2.45, 2.75) is 34.2 Å². The largest absolute Gasteiger partial charge is 0.453 e. The minimum Gasteiger partial charge on any atom is -0.453 e. The summed E-state index contributed by atoms with van der Waals surface area (Å²) in [6.07, 6.45) is 1.51. The van der Waals surface area contributed by atoms with E-state index >= 15 is 0 Å². The molecule has 27 heavy (non-hydrogen) atoms. The summed E-state index contributed by atoms with van der Waals surface area (Å²) in [7, 11) is 0. The third kappa shape index (κ3) is 5.31. The van der Waals surface area contributed by atoms with Gasteiger partial charge in [0.15, 0.2) is 6.61 Å². The summed E-state index contributed by atoms with van der Waals surface area (Å²) in [5.41, 5.74) is 2.68. The van der Waals surface area contributed by atoms with Crippen LogP contribution in [0.4, 0.5) is 0 Å². The fraction of sp³-hybridized carbons (Fsp3) is 0.350. The summed E-state index contributed by atoms with van der Waals surface area (Å²) >= 11 is 6.91. The van der Waals surface area contributed by atoms with E-state index in [1.807, 2.05) is 26.0 Å². The normalized spacial score (nSPS) is 11.5. The molecule has 0 fully saturated rings. The zero-order valence-corrected chi connectivity index (χ0v) is 17.3. The van der Waals surface area contributed by atoms with E-state index in [2.05, 4.69) is 18.4 Å². The van der Waals surface area contributed by atoms with Gasteiger partial charge in [-0.25, -0.2) is 4.79 Å². The van der Waals surface area contributed by atoms with Gasteiger partial charge >= 0.3 is 5.97 Å². The highest BCUT2D eigenvalue weighted by Crippen LogP contribution is 2.22. The van der Waals surface area contributed by atoms with Crippen LogP contribution in [0, 0.1) is 31.1 Å². The number of aryl methyl sites for hydroxylation is 1. The molecule has 0 amide bonds. The molecule has 2 aromatic rings. The van der Waals surface area contributed by atoms with Crippen LogP contribution in [0.2, 0.25) is 4.34 Å². The third-order valence-electron chi connectivity index (χ3n) is 3.98. The van der Waals surface area contributed by atoms with Gasteiger partial charge in [-0.1, -0.05) is 25.4 Å². The molecule has 2 rings (SSSR count). The average molecular weight is 405 g/mol. The average Bonchev–Trinajstić information content (AvgIpc) is 3.15. The van der Waals surface area contributed by atoms with E-state index in [4.69, 9.17) is 16.3 Å². The number of esters is 1. The van der Waals surface area contributed by atoms with Crippen molar-refractivity contribution in [3.8, 4) is 6.07 Å². The van der Waals surface area contributed by atoms with Gasteiger partial charge in [0.2, 0.25) is 5.78 Å². The topological polar surface area (TPSA) is 72.1 Å². The Morgan fingerprint density at radius 1 is 1.37 bits per heavy atom. The summed E-state index contributed by atoms with van der Waals surface area (Å²) < 4.78 is 7.65. The molecule has 0 saturated carbocycles. The molecule has 2 aromatic heterocycles. The standard InChI is InChI=1S/C20H21ClN2O3S/c1-12(2)10-23-13(3)7-15(14(23)4)8-16(9-22)20(25)26-11-17(24)18-5-6-19(21)27-18/h5-8,12H,10-11H2,1-4H3/b16-8-. The Morgan fingerprint density at radius 3 is 2.63 bits per heavy atom. The minimum absolute atomic E-state index is 0.142. The van der Waals surface area contributed by atoms with Crippen molar-refractivity contribution in [1.82, 2.24) is 4.57 Å².